The number of nitrogens with zero attached hydrogens (tertiary/aromatic N) is 1. The second kappa shape index (κ2) is 11.7. The average Bonchev–Trinajstić information content (AvgIpc) is 3.17. The number of aromatic nitrogens is 2. The third-order valence-electron chi connectivity index (χ3n) is 4.85. The van der Waals surface area contributed by atoms with Gasteiger partial charge in [-0.25, -0.2) is 4.79 Å². The summed E-state index contributed by atoms with van der Waals surface area (Å²) in [4.78, 5) is 32.0. The van der Waals surface area contributed by atoms with Crippen LogP contribution in [0.15, 0.2) is 54.9 Å². The van der Waals surface area contributed by atoms with Crippen LogP contribution in [0, 0.1) is 0 Å². The highest BCUT2D eigenvalue weighted by Gasteiger charge is 2.21. The van der Waals surface area contributed by atoms with Gasteiger partial charge in [0.15, 0.2) is 0 Å². The van der Waals surface area contributed by atoms with Crippen LogP contribution in [0.3, 0.4) is 0 Å². The number of carbonyl (C=O) groups excluding carboxylic acids is 2. The van der Waals surface area contributed by atoms with E-state index in [4.69, 9.17) is 4.74 Å². The Labute approximate surface area is 199 Å². The normalized spacial score (nSPS) is 12.3. The second-order valence-electron chi connectivity index (χ2n) is 8.83. The zero-order valence-electron chi connectivity index (χ0n) is 19.4. The second-order valence-corrected chi connectivity index (χ2v) is 9.98. The van der Waals surface area contributed by atoms with Gasteiger partial charge in [0.1, 0.15) is 5.60 Å². The van der Waals surface area contributed by atoms with E-state index in [-0.39, 0.29) is 11.9 Å². The minimum absolute atomic E-state index is 0.0126. The fourth-order valence-corrected chi connectivity index (χ4v) is 4.34. The van der Waals surface area contributed by atoms with Crippen molar-refractivity contribution in [3.8, 4) is 0 Å². The predicted molar refractivity (Wildman–Crippen MR) is 133 cm³/mol. The molecular weight excluding hydrogens is 436 g/mol. The third-order valence-corrected chi connectivity index (χ3v) is 5.98. The van der Waals surface area contributed by atoms with Gasteiger partial charge < -0.3 is 20.4 Å². The highest BCUT2D eigenvalue weighted by molar-refractivity contribution is 7.99. The number of ether oxygens (including phenoxy) is 1. The minimum Gasteiger partial charge on any atom is -0.444 e. The summed E-state index contributed by atoms with van der Waals surface area (Å²) in [7, 11) is 0. The molecule has 0 radical (unpaired) electrons. The molecule has 0 aliphatic heterocycles. The summed E-state index contributed by atoms with van der Waals surface area (Å²) in [5.74, 6) is 1.32. The lowest BCUT2D eigenvalue weighted by Gasteiger charge is -2.23. The van der Waals surface area contributed by atoms with Crippen LogP contribution in [0.25, 0.3) is 10.9 Å². The van der Waals surface area contributed by atoms with E-state index in [9.17, 15) is 9.59 Å². The van der Waals surface area contributed by atoms with Gasteiger partial charge in [-0.2, -0.15) is 11.8 Å². The number of fused-ring (bicyclic) bond motifs is 1. The molecule has 0 aliphatic rings. The maximum atomic E-state index is 12.4. The molecule has 3 aromatic rings. The minimum atomic E-state index is -0.561. The lowest BCUT2D eigenvalue weighted by atomic mass is 10.1. The molecule has 33 heavy (non-hydrogen) atoms. The molecule has 0 aliphatic carbocycles. The van der Waals surface area contributed by atoms with Crippen molar-refractivity contribution in [2.45, 2.75) is 51.8 Å². The van der Waals surface area contributed by atoms with Crippen molar-refractivity contribution in [1.29, 1.82) is 0 Å². The summed E-state index contributed by atoms with van der Waals surface area (Å²) in [6.07, 6.45) is 4.35. The van der Waals surface area contributed by atoms with E-state index in [2.05, 4.69) is 26.7 Å². The van der Waals surface area contributed by atoms with E-state index in [0.717, 1.165) is 22.2 Å². The summed E-state index contributed by atoms with van der Waals surface area (Å²) in [5, 5.41) is 7.05. The number of amides is 2. The fourth-order valence-electron chi connectivity index (χ4n) is 3.36. The number of aromatic amines is 1. The molecule has 0 saturated heterocycles. The Morgan fingerprint density at radius 2 is 1.94 bits per heavy atom. The average molecular weight is 469 g/mol. The molecule has 2 heterocycles. The standard InChI is InChI=1S/C25H32N4O3S/c1-25(2,3)32-24(31)29-20(14-18-15-27-22-10-5-4-9-21(18)22)17-33-13-11-23(30)28-16-19-8-6-7-12-26-19/h4-10,12,15,20,27H,11,13-14,16-17H2,1-3H3,(H,28,30)(H,29,31)/t20-/m0/s1. The summed E-state index contributed by atoms with van der Waals surface area (Å²) >= 11 is 1.64. The van der Waals surface area contributed by atoms with Crippen molar-refractivity contribution in [1.82, 2.24) is 20.6 Å². The summed E-state index contributed by atoms with van der Waals surface area (Å²) in [6.45, 7) is 5.96. The van der Waals surface area contributed by atoms with Gasteiger partial charge in [0, 0.05) is 47.3 Å². The predicted octanol–water partition coefficient (Wildman–Crippen LogP) is 4.44. The topological polar surface area (TPSA) is 96.1 Å². The molecular formula is C25H32N4O3S. The monoisotopic (exact) mass is 468 g/mol. The first-order chi connectivity index (χ1) is 15.8. The first kappa shape index (κ1) is 24.6. The maximum absolute atomic E-state index is 12.4. The van der Waals surface area contributed by atoms with Crippen LogP contribution in [-0.2, 0) is 22.5 Å². The van der Waals surface area contributed by atoms with Gasteiger partial charge in [0.05, 0.1) is 12.2 Å². The molecule has 2 aromatic heterocycles. The molecule has 3 rings (SSSR count). The van der Waals surface area contributed by atoms with Crippen LogP contribution in [0.2, 0.25) is 0 Å². The Morgan fingerprint density at radius 3 is 2.70 bits per heavy atom. The summed E-state index contributed by atoms with van der Waals surface area (Å²) < 4.78 is 5.46. The number of H-pyrrole nitrogens is 1. The zero-order chi connectivity index (χ0) is 23.7. The fraction of sp³-hybridized carbons (Fsp3) is 0.400. The molecule has 3 N–H and O–H groups in total. The summed E-state index contributed by atoms with van der Waals surface area (Å²) in [6, 6.07) is 13.6. The first-order valence-electron chi connectivity index (χ1n) is 11.1. The molecule has 0 fully saturated rings. The molecule has 0 bridgehead atoms. The van der Waals surface area contributed by atoms with E-state index < -0.39 is 11.7 Å². The molecule has 0 saturated carbocycles. The quantitative estimate of drug-likeness (QED) is 0.382. The molecule has 8 heteroatoms. The Hall–Kier alpha value is -3.00. The lowest BCUT2D eigenvalue weighted by Crippen LogP contribution is -2.41. The van der Waals surface area contributed by atoms with Crippen molar-refractivity contribution < 1.29 is 14.3 Å². The number of alkyl carbamates (subject to hydrolysis) is 1. The van der Waals surface area contributed by atoms with Gasteiger partial charge in [0.2, 0.25) is 5.91 Å². The Balaban J connectivity index is 1.51. The van der Waals surface area contributed by atoms with Gasteiger partial charge in [-0.1, -0.05) is 24.3 Å². The Bertz CT molecular complexity index is 1050. The van der Waals surface area contributed by atoms with Gasteiger partial charge in [-0.3, -0.25) is 9.78 Å². The van der Waals surface area contributed by atoms with E-state index in [1.54, 1.807) is 18.0 Å². The van der Waals surface area contributed by atoms with Crippen LogP contribution in [0.4, 0.5) is 4.79 Å². The zero-order valence-corrected chi connectivity index (χ0v) is 20.2. The summed E-state index contributed by atoms with van der Waals surface area (Å²) in [5.41, 5.74) is 2.48. The highest BCUT2D eigenvalue weighted by atomic mass is 32.2. The van der Waals surface area contributed by atoms with E-state index in [1.165, 1.54) is 0 Å². The Morgan fingerprint density at radius 1 is 1.15 bits per heavy atom. The van der Waals surface area contributed by atoms with Crippen LogP contribution in [0.1, 0.15) is 38.4 Å². The van der Waals surface area contributed by atoms with Gasteiger partial charge in [-0.05, 0) is 51.0 Å². The number of carbonyl (C=O) groups is 2. The van der Waals surface area contributed by atoms with Crippen LogP contribution in [-0.4, -0.2) is 45.1 Å². The number of hydrogen-bond donors (Lipinski definition) is 3. The SMILES string of the molecule is CC(C)(C)OC(=O)N[C@H](CSCCC(=O)NCc1ccccn1)Cc1c[nH]c2ccccc12. The van der Waals surface area contributed by atoms with Crippen molar-refractivity contribution >= 4 is 34.7 Å². The van der Waals surface area contributed by atoms with Crippen molar-refractivity contribution in [2.24, 2.45) is 0 Å². The van der Waals surface area contributed by atoms with Crippen LogP contribution in [0.5, 0.6) is 0 Å². The van der Waals surface area contributed by atoms with Crippen molar-refractivity contribution in [2.75, 3.05) is 11.5 Å². The smallest absolute Gasteiger partial charge is 0.407 e. The van der Waals surface area contributed by atoms with E-state index in [1.807, 2.05) is 63.4 Å². The number of rotatable bonds is 10. The van der Waals surface area contributed by atoms with Crippen molar-refractivity contribution in [3.63, 3.8) is 0 Å². The largest absolute Gasteiger partial charge is 0.444 e. The molecule has 176 valence electrons. The molecule has 7 nitrogen and oxygen atoms in total. The lowest BCUT2D eigenvalue weighted by molar-refractivity contribution is -0.120. The van der Waals surface area contributed by atoms with Gasteiger partial charge in [0.25, 0.3) is 0 Å². The highest BCUT2D eigenvalue weighted by Crippen LogP contribution is 2.20. The number of thioether (sulfide) groups is 1. The first-order valence-corrected chi connectivity index (χ1v) is 12.2. The van der Waals surface area contributed by atoms with Gasteiger partial charge in [-0.15, -0.1) is 0 Å². The van der Waals surface area contributed by atoms with Crippen LogP contribution >= 0.6 is 11.8 Å². The number of nitrogens with one attached hydrogen (secondary N) is 3. The number of hydrogen-bond acceptors (Lipinski definition) is 5. The molecule has 1 aromatic carbocycles. The Kier molecular flexibility index (Phi) is 8.77. The van der Waals surface area contributed by atoms with Crippen molar-refractivity contribution in [3.05, 3.63) is 66.1 Å². The number of pyridine rings is 1. The number of benzene rings is 1. The maximum Gasteiger partial charge on any atom is 0.407 e. The van der Waals surface area contributed by atoms with Crippen LogP contribution < -0.4 is 10.6 Å². The third kappa shape index (κ3) is 8.46. The molecule has 0 spiro atoms. The van der Waals surface area contributed by atoms with E-state index >= 15 is 0 Å². The molecule has 0 unspecified atom stereocenters. The van der Waals surface area contributed by atoms with Gasteiger partial charge >= 0.3 is 6.09 Å². The molecule has 2 amide bonds. The van der Waals surface area contributed by atoms with E-state index in [0.29, 0.717) is 30.9 Å². The molecule has 1 atom stereocenters. The number of para-hydroxylation sites is 1.